The van der Waals surface area contributed by atoms with Gasteiger partial charge < -0.3 is 4.74 Å². The Hall–Kier alpha value is -0.530. The third-order valence-electron chi connectivity index (χ3n) is 3.07. The molecule has 0 spiro atoms. The standard InChI is InChI=1S/C14H28O2/c1-5-8-14(15)16-11-13(4)10-7-9-12(3)6-2/h12-13H,5-11H2,1-4H3/t12-,13-/m0/s1. The maximum Gasteiger partial charge on any atom is 0.305 e. The second kappa shape index (κ2) is 9.68. The van der Waals surface area contributed by atoms with Gasteiger partial charge in [-0.3, -0.25) is 4.79 Å². The highest BCUT2D eigenvalue weighted by atomic mass is 16.5. The van der Waals surface area contributed by atoms with E-state index in [2.05, 4.69) is 20.8 Å². The maximum atomic E-state index is 11.2. The van der Waals surface area contributed by atoms with Gasteiger partial charge in [-0.1, -0.05) is 47.0 Å². The molecule has 16 heavy (non-hydrogen) atoms. The van der Waals surface area contributed by atoms with E-state index in [-0.39, 0.29) is 5.97 Å². The normalized spacial score (nSPS) is 14.5. The molecule has 0 fully saturated rings. The van der Waals surface area contributed by atoms with E-state index < -0.39 is 0 Å². The summed E-state index contributed by atoms with van der Waals surface area (Å²) in [5.41, 5.74) is 0. The highest BCUT2D eigenvalue weighted by Crippen LogP contribution is 2.15. The van der Waals surface area contributed by atoms with Crippen LogP contribution in [0.25, 0.3) is 0 Å². The fourth-order valence-corrected chi connectivity index (χ4v) is 1.61. The first-order chi connectivity index (χ1) is 7.60. The van der Waals surface area contributed by atoms with E-state index >= 15 is 0 Å². The molecule has 0 saturated heterocycles. The summed E-state index contributed by atoms with van der Waals surface area (Å²) in [5, 5.41) is 0. The molecule has 0 aliphatic carbocycles. The van der Waals surface area contributed by atoms with Crippen molar-refractivity contribution in [3.63, 3.8) is 0 Å². The van der Waals surface area contributed by atoms with Crippen LogP contribution in [-0.4, -0.2) is 12.6 Å². The number of hydrogen-bond donors (Lipinski definition) is 0. The maximum absolute atomic E-state index is 11.2. The number of rotatable bonds is 9. The molecule has 2 heteroatoms. The van der Waals surface area contributed by atoms with Crippen molar-refractivity contribution in [1.82, 2.24) is 0 Å². The molecule has 96 valence electrons. The van der Waals surface area contributed by atoms with Crippen LogP contribution in [0.2, 0.25) is 0 Å². The van der Waals surface area contributed by atoms with Crippen molar-refractivity contribution in [3.8, 4) is 0 Å². The second-order valence-electron chi connectivity index (χ2n) is 4.98. The van der Waals surface area contributed by atoms with Gasteiger partial charge in [0, 0.05) is 6.42 Å². The Kier molecular flexibility index (Phi) is 9.36. The number of ether oxygens (including phenoxy) is 1. The fourth-order valence-electron chi connectivity index (χ4n) is 1.61. The van der Waals surface area contributed by atoms with E-state index in [0.717, 1.165) is 12.3 Å². The van der Waals surface area contributed by atoms with Gasteiger partial charge in [-0.25, -0.2) is 0 Å². The van der Waals surface area contributed by atoms with Gasteiger partial charge in [0.2, 0.25) is 0 Å². The molecule has 0 bridgehead atoms. The van der Waals surface area contributed by atoms with Crippen molar-refractivity contribution in [1.29, 1.82) is 0 Å². The van der Waals surface area contributed by atoms with Gasteiger partial charge in [-0.2, -0.15) is 0 Å². The van der Waals surface area contributed by atoms with Crippen molar-refractivity contribution in [2.24, 2.45) is 11.8 Å². The summed E-state index contributed by atoms with van der Waals surface area (Å²) in [5.74, 6) is 1.29. The lowest BCUT2D eigenvalue weighted by Gasteiger charge is -2.13. The van der Waals surface area contributed by atoms with Crippen LogP contribution in [0.1, 0.15) is 66.2 Å². The van der Waals surface area contributed by atoms with E-state index in [9.17, 15) is 4.79 Å². The van der Waals surface area contributed by atoms with Crippen LogP contribution in [0.4, 0.5) is 0 Å². The van der Waals surface area contributed by atoms with Crippen LogP contribution in [0.3, 0.4) is 0 Å². The molecule has 2 atom stereocenters. The zero-order valence-corrected chi connectivity index (χ0v) is 11.4. The Bertz CT molecular complexity index is 178. The molecule has 0 unspecified atom stereocenters. The molecule has 0 N–H and O–H groups in total. The van der Waals surface area contributed by atoms with E-state index in [4.69, 9.17) is 4.74 Å². The molecule has 0 aromatic heterocycles. The molecule has 0 saturated carbocycles. The number of carbonyl (C=O) groups excluding carboxylic acids is 1. The summed E-state index contributed by atoms with van der Waals surface area (Å²) in [7, 11) is 0. The Labute approximate surface area is 101 Å². The first kappa shape index (κ1) is 15.5. The van der Waals surface area contributed by atoms with E-state index in [1.54, 1.807) is 0 Å². The van der Waals surface area contributed by atoms with Crippen LogP contribution in [-0.2, 0) is 9.53 Å². The summed E-state index contributed by atoms with van der Waals surface area (Å²) in [6, 6.07) is 0. The molecule has 0 aromatic carbocycles. The van der Waals surface area contributed by atoms with Crippen molar-refractivity contribution in [2.75, 3.05) is 6.61 Å². The summed E-state index contributed by atoms with van der Waals surface area (Å²) in [6.45, 7) is 9.29. The molecule has 0 radical (unpaired) electrons. The minimum atomic E-state index is -0.0451. The lowest BCUT2D eigenvalue weighted by Crippen LogP contribution is -2.11. The third-order valence-corrected chi connectivity index (χ3v) is 3.07. The monoisotopic (exact) mass is 228 g/mol. The topological polar surface area (TPSA) is 26.3 Å². The molecule has 0 heterocycles. The van der Waals surface area contributed by atoms with Crippen LogP contribution < -0.4 is 0 Å². The quantitative estimate of drug-likeness (QED) is 0.553. The van der Waals surface area contributed by atoms with Crippen LogP contribution in [0.15, 0.2) is 0 Å². The van der Waals surface area contributed by atoms with Crippen molar-refractivity contribution in [2.45, 2.75) is 66.2 Å². The predicted molar refractivity (Wildman–Crippen MR) is 68.3 cm³/mol. The number of esters is 1. The number of hydrogen-bond acceptors (Lipinski definition) is 2. The average molecular weight is 228 g/mol. The summed E-state index contributed by atoms with van der Waals surface area (Å²) >= 11 is 0. The largest absolute Gasteiger partial charge is 0.465 e. The van der Waals surface area contributed by atoms with Crippen LogP contribution >= 0.6 is 0 Å². The van der Waals surface area contributed by atoms with Crippen LogP contribution in [0, 0.1) is 11.8 Å². The molecule has 0 rings (SSSR count). The van der Waals surface area contributed by atoms with Gasteiger partial charge in [0.1, 0.15) is 0 Å². The van der Waals surface area contributed by atoms with E-state index in [0.29, 0.717) is 18.9 Å². The Morgan fingerprint density at radius 3 is 2.31 bits per heavy atom. The zero-order chi connectivity index (χ0) is 12.4. The highest BCUT2D eigenvalue weighted by Gasteiger charge is 2.07. The SMILES string of the molecule is CCCC(=O)OC[C@@H](C)CCC[C@@H](C)CC. The average Bonchev–Trinajstić information content (AvgIpc) is 2.26. The fraction of sp³-hybridized carbons (Fsp3) is 0.929. The van der Waals surface area contributed by atoms with Gasteiger partial charge in [-0.15, -0.1) is 0 Å². The number of carbonyl (C=O) groups is 1. The van der Waals surface area contributed by atoms with Gasteiger partial charge in [-0.05, 0) is 24.7 Å². The molecule has 2 nitrogen and oxygen atoms in total. The Balaban J connectivity index is 3.44. The van der Waals surface area contributed by atoms with Gasteiger partial charge in [0.25, 0.3) is 0 Å². The van der Waals surface area contributed by atoms with Crippen molar-refractivity contribution in [3.05, 3.63) is 0 Å². The predicted octanol–water partition coefficient (Wildman–Crippen LogP) is 4.18. The summed E-state index contributed by atoms with van der Waals surface area (Å²) in [6.07, 6.45) is 6.41. The van der Waals surface area contributed by atoms with Gasteiger partial charge in [0.15, 0.2) is 0 Å². The summed E-state index contributed by atoms with van der Waals surface area (Å²) < 4.78 is 5.19. The zero-order valence-electron chi connectivity index (χ0n) is 11.4. The van der Waals surface area contributed by atoms with Crippen molar-refractivity contribution >= 4 is 5.97 Å². The Morgan fingerprint density at radius 2 is 1.75 bits per heavy atom. The third kappa shape index (κ3) is 8.75. The molecular formula is C14H28O2. The lowest BCUT2D eigenvalue weighted by atomic mass is 9.97. The van der Waals surface area contributed by atoms with Gasteiger partial charge in [0.05, 0.1) is 6.61 Å². The molecule has 0 aliphatic rings. The van der Waals surface area contributed by atoms with Crippen molar-refractivity contribution < 1.29 is 9.53 Å². The molecule has 0 aromatic rings. The lowest BCUT2D eigenvalue weighted by molar-refractivity contribution is -0.144. The van der Waals surface area contributed by atoms with Crippen LogP contribution in [0.5, 0.6) is 0 Å². The van der Waals surface area contributed by atoms with E-state index in [1.165, 1.54) is 25.7 Å². The molecule has 0 aliphatic heterocycles. The first-order valence-corrected chi connectivity index (χ1v) is 6.75. The molecular weight excluding hydrogens is 200 g/mol. The molecule has 0 amide bonds. The highest BCUT2D eigenvalue weighted by molar-refractivity contribution is 5.69. The van der Waals surface area contributed by atoms with Gasteiger partial charge >= 0.3 is 5.97 Å². The second-order valence-corrected chi connectivity index (χ2v) is 4.98. The minimum Gasteiger partial charge on any atom is -0.465 e. The summed E-state index contributed by atoms with van der Waals surface area (Å²) in [4.78, 5) is 11.2. The van der Waals surface area contributed by atoms with E-state index in [1.807, 2.05) is 6.92 Å². The first-order valence-electron chi connectivity index (χ1n) is 6.75. The smallest absolute Gasteiger partial charge is 0.305 e. The Morgan fingerprint density at radius 1 is 1.12 bits per heavy atom. The minimum absolute atomic E-state index is 0.0451.